The van der Waals surface area contributed by atoms with Crippen LogP contribution in [0.1, 0.15) is 46.9 Å². The molecule has 12 nitrogen and oxygen atoms in total. The van der Waals surface area contributed by atoms with Gasteiger partial charge in [-0.1, -0.05) is 5.16 Å². The molecule has 2 aromatic heterocycles. The Labute approximate surface area is 164 Å². The number of aromatic hydroxyl groups is 1. The molecule has 2 aromatic rings. The number of carbonyl (C=O) groups is 2. The van der Waals surface area contributed by atoms with Crippen LogP contribution in [0.4, 0.5) is 0 Å². The van der Waals surface area contributed by atoms with Crippen LogP contribution in [-0.4, -0.2) is 67.7 Å². The fourth-order valence-corrected chi connectivity index (χ4v) is 2.94. The molecule has 0 unspecified atom stereocenters. The van der Waals surface area contributed by atoms with Crippen LogP contribution < -0.4 is 10.4 Å². The molecule has 0 saturated carbocycles. The zero-order valence-electron chi connectivity index (χ0n) is 15.9. The Kier molecular flexibility index (Phi) is 5.82. The highest BCUT2D eigenvalue weighted by Gasteiger charge is 2.34. The average Bonchev–Trinajstić information content (AvgIpc) is 3.16. The number of rotatable bonds is 8. The molecule has 12 heteroatoms. The fourth-order valence-electron chi connectivity index (χ4n) is 2.94. The molecule has 0 fully saturated rings. The third-order valence-corrected chi connectivity index (χ3v) is 4.28. The maximum Gasteiger partial charge on any atom is 0.341 e. The molecule has 156 valence electrons. The summed E-state index contributed by atoms with van der Waals surface area (Å²) in [5, 5.41) is 24.8. The number of carbonyl (C=O) groups excluding carboxylic acids is 1. The molecule has 29 heavy (non-hydrogen) atoms. The summed E-state index contributed by atoms with van der Waals surface area (Å²) in [6, 6.07) is 0. The minimum absolute atomic E-state index is 0.0527. The van der Waals surface area contributed by atoms with Crippen molar-refractivity contribution < 1.29 is 29.1 Å². The van der Waals surface area contributed by atoms with Gasteiger partial charge in [0.1, 0.15) is 18.8 Å². The standard InChI is InChI=1S/C17H21N5O7/c1-10(2)28-5-3-4-20-9-21(7-12-18-8-29-19-12)22-6-11(17(26)27)14(23)15(24)13(22)16(20)25/h6,8,10,24H,3-5,7,9H2,1-2H3,(H,26,27). The van der Waals surface area contributed by atoms with Gasteiger partial charge in [-0.3, -0.25) is 19.3 Å². The molecule has 0 aromatic carbocycles. The molecule has 0 radical (unpaired) electrons. The van der Waals surface area contributed by atoms with Crippen molar-refractivity contribution in [2.45, 2.75) is 32.9 Å². The lowest BCUT2D eigenvalue weighted by molar-refractivity contribution is 0.0562. The lowest BCUT2D eigenvalue weighted by Crippen LogP contribution is -2.54. The summed E-state index contributed by atoms with van der Waals surface area (Å²) in [6.07, 6.45) is 2.74. The van der Waals surface area contributed by atoms with Gasteiger partial charge in [0.2, 0.25) is 11.8 Å². The van der Waals surface area contributed by atoms with Gasteiger partial charge in [-0.15, -0.1) is 0 Å². The molecule has 1 aliphatic heterocycles. The largest absolute Gasteiger partial charge is 0.502 e. The number of fused-ring (bicyclic) bond motifs is 1. The summed E-state index contributed by atoms with van der Waals surface area (Å²) in [5.41, 5.74) is -2.10. The number of carboxylic acids is 1. The van der Waals surface area contributed by atoms with E-state index in [-0.39, 0.29) is 30.8 Å². The van der Waals surface area contributed by atoms with Crippen LogP contribution in [0, 0.1) is 0 Å². The number of aromatic nitrogens is 3. The Morgan fingerprint density at radius 3 is 2.76 bits per heavy atom. The summed E-state index contributed by atoms with van der Waals surface area (Å²) in [5.74, 6) is -2.74. The lowest BCUT2D eigenvalue weighted by atomic mass is 10.2. The summed E-state index contributed by atoms with van der Waals surface area (Å²) >= 11 is 0. The normalized spacial score (nSPS) is 13.8. The molecule has 1 aliphatic rings. The number of amides is 1. The van der Waals surface area contributed by atoms with Gasteiger partial charge in [0.05, 0.1) is 6.10 Å². The van der Waals surface area contributed by atoms with E-state index >= 15 is 0 Å². The molecule has 0 aliphatic carbocycles. The Bertz CT molecular complexity index is 954. The first-order chi connectivity index (χ1) is 13.8. The van der Waals surface area contributed by atoms with Crippen molar-refractivity contribution in [3.8, 4) is 5.75 Å². The molecule has 0 spiro atoms. The quantitative estimate of drug-likeness (QED) is 0.572. The van der Waals surface area contributed by atoms with Crippen LogP contribution >= 0.6 is 0 Å². The molecule has 0 atom stereocenters. The van der Waals surface area contributed by atoms with Crippen molar-refractivity contribution in [1.82, 2.24) is 19.7 Å². The van der Waals surface area contributed by atoms with Gasteiger partial charge in [-0.25, -0.2) is 4.79 Å². The highest BCUT2D eigenvalue weighted by molar-refractivity contribution is 5.97. The third kappa shape index (κ3) is 4.21. The van der Waals surface area contributed by atoms with Crippen LogP contribution in [0.15, 0.2) is 21.9 Å². The van der Waals surface area contributed by atoms with Crippen molar-refractivity contribution in [3.63, 3.8) is 0 Å². The number of hydrogen-bond acceptors (Lipinski definition) is 9. The number of hydrogen-bond donors (Lipinski definition) is 2. The molecule has 0 bridgehead atoms. The van der Waals surface area contributed by atoms with E-state index in [0.29, 0.717) is 19.6 Å². The van der Waals surface area contributed by atoms with Crippen molar-refractivity contribution in [2.75, 3.05) is 24.8 Å². The van der Waals surface area contributed by atoms with E-state index < -0.39 is 28.6 Å². The Hall–Kier alpha value is -3.41. The Balaban J connectivity index is 1.96. The summed E-state index contributed by atoms with van der Waals surface area (Å²) < 4.78 is 11.3. The Morgan fingerprint density at radius 2 is 2.14 bits per heavy atom. The zero-order valence-corrected chi connectivity index (χ0v) is 15.9. The second-order valence-corrected chi connectivity index (χ2v) is 6.71. The minimum atomic E-state index is -1.51. The molecule has 3 heterocycles. The highest BCUT2D eigenvalue weighted by Crippen LogP contribution is 2.22. The van der Waals surface area contributed by atoms with Crippen LogP contribution in [0.5, 0.6) is 5.75 Å². The van der Waals surface area contributed by atoms with Crippen molar-refractivity contribution >= 4 is 11.9 Å². The van der Waals surface area contributed by atoms with E-state index in [4.69, 9.17) is 9.26 Å². The van der Waals surface area contributed by atoms with Crippen LogP contribution in [0.2, 0.25) is 0 Å². The average molecular weight is 407 g/mol. The molecular weight excluding hydrogens is 386 g/mol. The van der Waals surface area contributed by atoms with Crippen molar-refractivity contribution in [1.29, 1.82) is 0 Å². The van der Waals surface area contributed by atoms with Gasteiger partial charge in [-0.05, 0) is 20.3 Å². The predicted octanol–water partition coefficient (Wildman–Crippen LogP) is 0.00170. The zero-order chi connectivity index (χ0) is 21.1. The summed E-state index contributed by atoms with van der Waals surface area (Å²) in [6.45, 7) is 4.66. The van der Waals surface area contributed by atoms with Crippen LogP contribution in [0.25, 0.3) is 0 Å². The van der Waals surface area contributed by atoms with Gasteiger partial charge >= 0.3 is 5.97 Å². The topological polar surface area (TPSA) is 151 Å². The predicted molar refractivity (Wildman–Crippen MR) is 97.2 cm³/mol. The minimum Gasteiger partial charge on any atom is -0.502 e. The van der Waals surface area contributed by atoms with Gasteiger partial charge in [0, 0.05) is 19.3 Å². The molecule has 0 saturated heterocycles. The summed E-state index contributed by atoms with van der Waals surface area (Å²) in [4.78, 5) is 41.8. The molecule has 3 rings (SSSR count). The maximum atomic E-state index is 12.9. The third-order valence-electron chi connectivity index (χ3n) is 4.28. The van der Waals surface area contributed by atoms with Crippen molar-refractivity contribution in [3.05, 3.63) is 39.9 Å². The first-order valence-corrected chi connectivity index (χ1v) is 8.92. The SMILES string of the molecule is CC(C)OCCCN1CN(Cc2ncon2)n2cc(C(=O)O)c(=O)c(O)c2C1=O. The molecular formula is C17H21N5O7. The number of carboxylic acid groups (broad SMARTS) is 1. The Morgan fingerprint density at radius 1 is 1.38 bits per heavy atom. The van der Waals surface area contributed by atoms with E-state index in [2.05, 4.69) is 10.1 Å². The number of nitrogens with zero attached hydrogens (tertiary/aromatic N) is 5. The van der Waals surface area contributed by atoms with E-state index in [1.54, 1.807) is 0 Å². The number of aromatic carboxylic acids is 1. The first-order valence-electron chi connectivity index (χ1n) is 8.92. The van der Waals surface area contributed by atoms with Gasteiger partial charge < -0.3 is 24.4 Å². The molecule has 1 amide bonds. The highest BCUT2D eigenvalue weighted by atomic mass is 16.5. The van der Waals surface area contributed by atoms with E-state index in [0.717, 1.165) is 17.3 Å². The first kappa shape index (κ1) is 20.3. The number of pyridine rings is 1. The van der Waals surface area contributed by atoms with Gasteiger partial charge in [0.15, 0.2) is 17.3 Å². The van der Waals surface area contributed by atoms with Gasteiger partial charge in [-0.2, -0.15) is 4.98 Å². The van der Waals surface area contributed by atoms with E-state index in [1.165, 1.54) is 9.91 Å². The fraction of sp³-hybridized carbons (Fsp3) is 0.471. The molecule has 2 N–H and O–H groups in total. The van der Waals surface area contributed by atoms with Crippen LogP contribution in [-0.2, 0) is 11.3 Å². The summed E-state index contributed by atoms with van der Waals surface area (Å²) in [7, 11) is 0. The monoisotopic (exact) mass is 407 g/mol. The maximum absolute atomic E-state index is 12.9. The number of ether oxygens (including phenoxy) is 1. The van der Waals surface area contributed by atoms with Crippen molar-refractivity contribution in [2.24, 2.45) is 0 Å². The lowest BCUT2D eigenvalue weighted by Gasteiger charge is -2.39. The second-order valence-electron chi connectivity index (χ2n) is 6.71. The van der Waals surface area contributed by atoms with Crippen LogP contribution in [0.3, 0.4) is 0 Å². The van der Waals surface area contributed by atoms with E-state index in [1.807, 2.05) is 13.8 Å². The van der Waals surface area contributed by atoms with E-state index in [9.17, 15) is 24.6 Å². The smallest absolute Gasteiger partial charge is 0.341 e. The second kappa shape index (κ2) is 8.31. The van der Waals surface area contributed by atoms with Gasteiger partial charge in [0.25, 0.3) is 5.91 Å².